The van der Waals surface area contributed by atoms with Crippen LogP contribution < -0.4 is 5.73 Å². The van der Waals surface area contributed by atoms with Gasteiger partial charge in [0.1, 0.15) is 17.3 Å². The molecule has 0 saturated heterocycles. The van der Waals surface area contributed by atoms with Crippen LogP contribution in [-0.4, -0.2) is 19.5 Å². The molecule has 0 fully saturated rings. The molecule has 0 radical (unpaired) electrons. The Kier molecular flexibility index (Phi) is 2.10. The van der Waals surface area contributed by atoms with Gasteiger partial charge in [-0.15, -0.1) is 0 Å². The summed E-state index contributed by atoms with van der Waals surface area (Å²) in [5, 5.41) is 14.9. The first-order valence-electron chi connectivity index (χ1n) is 5.64. The minimum Gasteiger partial charge on any atom is -0.508 e. The molecule has 0 atom stereocenters. The quantitative estimate of drug-likeness (QED) is 0.684. The SMILES string of the molecule is Cn1nc(-c2cc3cc(O)ccc3n2C)cc1N. The van der Waals surface area contributed by atoms with E-state index in [1.54, 1.807) is 16.8 Å². The van der Waals surface area contributed by atoms with Crippen molar-refractivity contribution in [1.82, 2.24) is 14.3 Å². The molecule has 5 nitrogen and oxygen atoms in total. The average molecular weight is 242 g/mol. The molecule has 0 amide bonds. The van der Waals surface area contributed by atoms with Crippen molar-refractivity contribution in [2.75, 3.05) is 5.73 Å². The van der Waals surface area contributed by atoms with Crippen LogP contribution in [0.2, 0.25) is 0 Å². The molecule has 1 aromatic carbocycles. The number of benzene rings is 1. The van der Waals surface area contributed by atoms with Crippen molar-refractivity contribution < 1.29 is 5.11 Å². The number of aromatic hydroxyl groups is 1. The number of hydrogen-bond acceptors (Lipinski definition) is 3. The standard InChI is InChI=1S/C13H14N4O/c1-16-11-4-3-9(18)5-8(11)6-12(16)10-7-13(14)17(2)15-10/h3-7,18H,14H2,1-2H3. The summed E-state index contributed by atoms with van der Waals surface area (Å²) in [6.45, 7) is 0. The van der Waals surface area contributed by atoms with E-state index in [0.717, 1.165) is 22.3 Å². The van der Waals surface area contributed by atoms with Crippen LogP contribution in [0.1, 0.15) is 0 Å². The van der Waals surface area contributed by atoms with E-state index in [0.29, 0.717) is 5.82 Å². The normalized spacial score (nSPS) is 11.2. The van der Waals surface area contributed by atoms with Crippen molar-refractivity contribution in [1.29, 1.82) is 0 Å². The zero-order chi connectivity index (χ0) is 12.9. The van der Waals surface area contributed by atoms with Crippen molar-refractivity contribution in [3.05, 3.63) is 30.3 Å². The highest BCUT2D eigenvalue weighted by Crippen LogP contribution is 2.29. The van der Waals surface area contributed by atoms with Gasteiger partial charge in [-0.2, -0.15) is 5.10 Å². The van der Waals surface area contributed by atoms with E-state index in [4.69, 9.17) is 5.73 Å². The second kappa shape index (κ2) is 3.53. The maximum Gasteiger partial charge on any atom is 0.122 e. The maximum absolute atomic E-state index is 9.50. The highest BCUT2D eigenvalue weighted by molar-refractivity contribution is 5.87. The summed E-state index contributed by atoms with van der Waals surface area (Å²) in [6, 6.07) is 9.15. The van der Waals surface area contributed by atoms with E-state index in [1.165, 1.54) is 0 Å². The van der Waals surface area contributed by atoms with Crippen LogP contribution >= 0.6 is 0 Å². The number of nitrogens with two attached hydrogens (primary N) is 1. The van der Waals surface area contributed by atoms with Gasteiger partial charge in [0.15, 0.2) is 0 Å². The Balaban J connectivity index is 2.26. The van der Waals surface area contributed by atoms with E-state index >= 15 is 0 Å². The maximum atomic E-state index is 9.50. The third-order valence-corrected chi connectivity index (χ3v) is 3.20. The molecule has 0 saturated carbocycles. The van der Waals surface area contributed by atoms with Crippen molar-refractivity contribution in [3.8, 4) is 17.1 Å². The van der Waals surface area contributed by atoms with Gasteiger partial charge in [-0.1, -0.05) is 0 Å². The van der Waals surface area contributed by atoms with Crippen LogP contribution in [0.15, 0.2) is 30.3 Å². The minimum absolute atomic E-state index is 0.264. The molecule has 3 N–H and O–H groups in total. The van der Waals surface area contributed by atoms with E-state index in [-0.39, 0.29) is 5.75 Å². The summed E-state index contributed by atoms with van der Waals surface area (Å²) < 4.78 is 3.68. The molecular weight excluding hydrogens is 228 g/mol. The zero-order valence-corrected chi connectivity index (χ0v) is 10.3. The summed E-state index contributed by atoms with van der Waals surface area (Å²) in [5.74, 6) is 0.887. The van der Waals surface area contributed by atoms with Crippen molar-refractivity contribution >= 4 is 16.7 Å². The summed E-state index contributed by atoms with van der Waals surface area (Å²) >= 11 is 0. The molecule has 5 heteroatoms. The molecule has 0 bridgehead atoms. The lowest BCUT2D eigenvalue weighted by Gasteiger charge is -2.00. The van der Waals surface area contributed by atoms with Gasteiger partial charge >= 0.3 is 0 Å². The third-order valence-electron chi connectivity index (χ3n) is 3.20. The predicted molar refractivity (Wildman–Crippen MR) is 71.2 cm³/mol. The van der Waals surface area contributed by atoms with Crippen molar-refractivity contribution in [3.63, 3.8) is 0 Å². The monoisotopic (exact) mass is 242 g/mol. The second-order valence-corrected chi connectivity index (χ2v) is 4.41. The molecule has 18 heavy (non-hydrogen) atoms. The Morgan fingerprint density at radius 2 is 1.94 bits per heavy atom. The number of aromatic nitrogens is 3. The van der Waals surface area contributed by atoms with Gasteiger partial charge in [0.2, 0.25) is 0 Å². The smallest absolute Gasteiger partial charge is 0.122 e. The molecule has 92 valence electrons. The third kappa shape index (κ3) is 1.44. The Morgan fingerprint density at radius 3 is 2.61 bits per heavy atom. The zero-order valence-electron chi connectivity index (χ0n) is 10.3. The summed E-state index contributed by atoms with van der Waals surface area (Å²) in [7, 11) is 3.78. The van der Waals surface area contributed by atoms with E-state index in [2.05, 4.69) is 5.10 Å². The molecule has 0 aliphatic rings. The van der Waals surface area contributed by atoms with Crippen LogP contribution in [0.25, 0.3) is 22.3 Å². The molecule has 0 aliphatic heterocycles. The number of hydrogen-bond donors (Lipinski definition) is 2. The number of phenolic OH excluding ortho intramolecular Hbond substituents is 1. The van der Waals surface area contributed by atoms with Crippen LogP contribution in [0.5, 0.6) is 5.75 Å². The van der Waals surface area contributed by atoms with Gasteiger partial charge in [0, 0.05) is 31.1 Å². The Bertz CT molecular complexity index is 719. The number of nitrogens with zero attached hydrogens (tertiary/aromatic N) is 3. The first-order valence-corrected chi connectivity index (χ1v) is 5.64. The molecule has 2 aromatic heterocycles. The van der Waals surface area contributed by atoms with Gasteiger partial charge in [-0.3, -0.25) is 4.68 Å². The molecule has 2 heterocycles. The van der Waals surface area contributed by atoms with Crippen LogP contribution in [0, 0.1) is 0 Å². The van der Waals surface area contributed by atoms with Gasteiger partial charge < -0.3 is 15.4 Å². The fourth-order valence-corrected chi connectivity index (χ4v) is 2.19. The highest BCUT2D eigenvalue weighted by Gasteiger charge is 2.11. The number of rotatable bonds is 1. The molecule has 0 unspecified atom stereocenters. The van der Waals surface area contributed by atoms with E-state index < -0.39 is 0 Å². The van der Waals surface area contributed by atoms with Gasteiger partial charge in [0.05, 0.1) is 5.69 Å². The van der Waals surface area contributed by atoms with Crippen LogP contribution in [0.4, 0.5) is 5.82 Å². The van der Waals surface area contributed by atoms with Crippen molar-refractivity contribution in [2.24, 2.45) is 14.1 Å². The number of phenols is 1. The predicted octanol–water partition coefficient (Wildman–Crippen LogP) is 1.87. The van der Waals surface area contributed by atoms with Gasteiger partial charge in [0.25, 0.3) is 0 Å². The number of anilines is 1. The van der Waals surface area contributed by atoms with E-state index in [9.17, 15) is 5.11 Å². The minimum atomic E-state index is 0.264. The highest BCUT2D eigenvalue weighted by atomic mass is 16.3. The Labute approximate surface area is 104 Å². The Hall–Kier alpha value is -2.43. The fourth-order valence-electron chi connectivity index (χ4n) is 2.19. The molecule has 0 aliphatic carbocycles. The summed E-state index contributed by atoms with van der Waals surface area (Å²) in [5.41, 5.74) is 8.65. The fraction of sp³-hybridized carbons (Fsp3) is 0.154. The topological polar surface area (TPSA) is 69.0 Å². The summed E-state index contributed by atoms with van der Waals surface area (Å²) in [6.07, 6.45) is 0. The lowest BCUT2D eigenvalue weighted by atomic mass is 10.2. The Morgan fingerprint density at radius 1 is 1.17 bits per heavy atom. The second-order valence-electron chi connectivity index (χ2n) is 4.41. The van der Waals surface area contributed by atoms with Gasteiger partial charge in [-0.25, -0.2) is 0 Å². The first kappa shape index (κ1) is 10.7. The molecule has 3 aromatic rings. The first-order chi connectivity index (χ1) is 8.56. The number of fused-ring (bicyclic) bond motifs is 1. The van der Waals surface area contributed by atoms with E-state index in [1.807, 2.05) is 36.9 Å². The van der Waals surface area contributed by atoms with Gasteiger partial charge in [-0.05, 0) is 24.3 Å². The largest absolute Gasteiger partial charge is 0.508 e. The van der Waals surface area contributed by atoms with Crippen LogP contribution in [-0.2, 0) is 14.1 Å². The number of nitrogen functional groups attached to an aromatic ring is 1. The molecule has 0 spiro atoms. The van der Waals surface area contributed by atoms with Crippen molar-refractivity contribution in [2.45, 2.75) is 0 Å². The molecule has 3 rings (SSSR count). The van der Waals surface area contributed by atoms with Crippen LogP contribution in [0.3, 0.4) is 0 Å². The average Bonchev–Trinajstić information content (AvgIpc) is 2.81. The number of aryl methyl sites for hydroxylation is 2. The summed E-state index contributed by atoms with van der Waals surface area (Å²) in [4.78, 5) is 0. The molecular formula is C13H14N4O. The lowest BCUT2D eigenvalue weighted by Crippen LogP contribution is -1.97. The lowest BCUT2D eigenvalue weighted by molar-refractivity contribution is 0.476.